The number of carbonyl (C=O) groups excluding carboxylic acids is 1. The second-order valence-corrected chi connectivity index (χ2v) is 7.07. The Kier molecular flexibility index (Phi) is 5.88. The topological polar surface area (TPSA) is 98.5 Å². The number of nitrogens with zero attached hydrogens (tertiary/aromatic N) is 1. The first-order valence-corrected chi connectivity index (χ1v) is 9.11. The van der Waals surface area contributed by atoms with Gasteiger partial charge in [-0.15, -0.1) is 0 Å². The van der Waals surface area contributed by atoms with E-state index in [1.54, 1.807) is 4.72 Å². The predicted octanol–water partition coefficient (Wildman–Crippen LogP) is 4.00. The predicted molar refractivity (Wildman–Crippen MR) is 84.5 cm³/mol. The summed E-state index contributed by atoms with van der Waals surface area (Å²) in [5.74, 6) is -3.05. The molecule has 1 N–H and O–H groups in total. The van der Waals surface area contributed by atoms with Gasteiger partial charge in [-0.05, 0) is 37.6 Å². The molecule has 0 atom stereocenters. The van der Waals surface area contributed by atoms with E-state index < -0.39 is 50.6 Å². The van der Waals surface area contributed by atoms with E-state index in [0.717, 1.165) is 13.0 Å². The van der Waals surface area contributed by atoms with Crippen LogP contribution in [0.5, 0.6) is 0 Å². The van der Waals surface area contributed by atoms with E-state index in [4.69, 9.17) is 0 Å². The van der Waals surface area contributed by atoms with Crippen molar-refractivity contribution >= 4 is 21.7 Å². The molecular weight excluding hydrogens is 434 g/mol. The van der Waals surface area contributed by atoms with E-state index in [1.807, 2.05) is 0 Å². The number of aromatic nitrogens is 1. The third-order valence-electron chi connectivity index (χ3n) is 3.36. The number of esters is 1. The van der Waals surface area contributed by atoms with Gasteiger partial charge < -0.3 is 9.15 Å². The molecule has 2 rings (SSSR count). The van der Waals surface area contributed by atoms with Crippen LogP contribution in [0.1, 0.15) is 34.3 Å². The Morgan fingerprint density at radius 1 is 1.17 bits per heavy atom. The first kappa shape index (κ1) is 22.5. The average Bonchev–Trinajstić information content (AvgIpc) is 3.02. The molecule has 0 saturated heterocycles. The lowest BCUT2D eigenvalue weighted by Crippen LogP contribution is -2.16. The number of anilines is 1. The molecule has 1 aromatic carbocycles. The average molecular weight is 446 g/mol. The van der Waals surface area contributed by atoms with Crippen molar-refractivity contribution in [2.24, 2.45) is 0 Å². The number of ether oxygens (including phenoxy) is 1. The van der Waals surface area contributed by atoms with E-state index in [9.17, 15) is 39.6 Å². The van der Waals surface area contributed by atoms with Crippen LogP contribution >= 0.6 is 0 Å². The molecule has 0 bridgehead atoms. The zero-order valence-electron chi connectivity index (χ0n) is 14.6. The van der Waals surface area contributed by atoms with Crippen molar-refractivity contribution in [1.29, 1.82) is 0 Å². The quantitative estimate of drug-likeness (QED) is 0.551. The number of alkyl halides is 6. The van der Waals surface area contributed by atoms with Crippen molar-refractivity contribution in [2.45, 2.75) is 31.4 Å². The minimum atomic E-state index is -5.23. The second-order valence-electron chi connectivity index (χ2n) is 5.51. The fraction of sp³-hybridized carbons (Fsp3) is 0.333. The van der Waals surface area contributed by atoms with Gasteiger partial charge in [0.2, 0.25) is 5.76 Å². The maximum absolute atomic E-state index is 13.0. The van der Waals surface area contributed by atoms with Gasteiger partial charge in [-0.1, -0.05) is 0 Å². The van der Waals surface area contributed by atoms with Crippen molar-refractivity contribution < 1.29 is 48.7 Å². The molecule has 2 aromatic rings. The van der Waals surface area contributed by atoms with Gasteiger partial charge in [0.1, 0.15) is 0 Å². The molecule has 1 aromatic heterocycles. The highest BCUT2D eigenvalue weighted by atomic mass is 32.2. The first-order valence-electron chi connectivity index (χ1n) is 7.62. The van der Waals surface area contributed by atoms with Crippen LogP contribution in [-0.2, 0) is 27.1 Å². The molecule has 0 saturated carbocycles. The molecule has 0 aliphatic heterocycles. The summed E-state index contributed by atoms with van der Waals surface area (Å²) in [6, 6.07) is 1.99. The van der Waals surface area contributed by atoms with E-state index in [2.05, 4.69) is 14.1 Å². The summed E-state index contributed by atoms with van der Waals surface area (Å²) in [5.41, 5.74) is -3.50. The van der Waals surface area contributed by atoms with Crippen molar-refractivity contribution in [2.75, 3.05) is 11.3 Å². The van der Waals surface area contributed by atoms with Crippen molar-refractivity contribution in [1.82, 2.24) is 4.98 Å². The van der Waals surface area contributed by atoms with Gasteiger partial charge in [-0.25, -0.2) is 4.79 Å². The number of aryl methyl sites for hydroxylation is 1. The number of carbonyl (C=O) groups is 1. The van der Waals surface area contributed by atoms with Gasteiger partial charge in [0.05, 0.1) is 17.9 Å². The third-order valence-corrected chi connectivity index (χ3v) is 4.49. The van der Waals surface area contributed by atoms with Crippen LogP contribution in [0.3, 0.4) is 0 Å². The molecular formula is C15H12F6N2O5S. The summed E-state index contributed by atoms with van der Waals surface area (Å²) >= 11 is 0. The summed E-state index contributed by atoms with van der Waals surface area (Å²) in [6.45, 7) is 2.13. The number of hydrogen-bond donors (Lipinski definition) is 1. The monoisotopic (exact) mass is 446 g/mol. The maximum Gasteiger partial charge on any atom is 0.437 e. The van der Waals surface area contributed by atoms with Gasteiger partial charge in [-0.2, -0.15) is 39.7 Å². The minimum Gasteiger partial charge on any atom is -0.460 e. The highest BCUT2D eigenvalue weighted by Gasteiger charge is 2.43. The summed E-state index contributed by atoms with van der Waals surface area (Å²) in [5, 5.41) is -1.51. The number of rotatable bonds is 5. The fourth-order valence-corrected chi connectivity index (χ4v) is 3.10. The number of halogens is 6. The van der Waals surface area contributed by atoms with E-state index in [1.165, 1.54) is 6.92 Å². The second kappa shape index (κ2) is 7.57. The molecule has 0 unspecified atom stereocenters. The van der Waals surface area contributed by atoms with Crippen LogP contribution in [0.15, 0.2) is 27.8 Å². The third kappa shape index (κ3) is 4.99. The zero-order valence-corrected chi connectivity index (χ0v) is 15.4. The lowest BCUT2D eigenvalue weighted by Gasteiger charge is -2.12. The van der Waals surface area contributed by atoms with Gasteiger partial charge in [0.15, 0.2) is 5.69 Å². The van der Waals surface area contributed by atoms with Crippen LogP contribution in [0.2, 0.25) is 0 Å². The first-order chi connectivity index (χ1) is 13.2. The molecule has 0 radical (unpaired) electrons. The van der Waals surface area contributed by atoms with Gasteiger partial charge >= 0.3 is 33.6 Å². The number of hydrogen-bond acceptors (Lipinski definition) is 6. The Labute approximate surface area is 159 Å². The Morgan fingerprint density at radius 3 is 2.28 bits per heavy atom. The molecule has 7 nitrogen and oxygen atoms in total. The van der Waals surface area contributed by atoms with E-state index in [-0.39, 0.29) is 17.9 Å². The SMILES string of the molecule is CCOC(=O)c1oc(S(=O)(=O)Nc2ccc(C(F)(F)F)cc2C)nc1C(F)(F)F. The summed E-state index contributed by atoms with van der Waals surface area (Å²) in [6.07, 6.45) is -9.91. The molecule has 0 fully saturated rings. The molecule has 14 heteroatoms. The van der Waals surface area contributed by atoms with Crippen molar-refractivity contribution in [3.63, 3.8) is 0 Å². The van der Waals surface area contributed by atoms with Crippen LogP contribution < -0.4 is 4.72 Å². The minimum absolute atomic E-state index is 0.170. The number of sulfonamides is 1. The zero-order chi connectivity index (χ0) is 22.2. The Balaban J connectivity index is 2.45. The molecule has 29 heavy (non-hydrogen) atoms. The lowest BCUT2D eigenvalue weighted by molar-refractivity contribution is -0.142. The number of oxazole rings is 1. The largest absolute Gasteiger partial charge is 0.460 e. The van der Waals surface area contributed by atoms with Gasteiger partial charge in [-0.3, -0.25) is 4.72 Å². The highest BCUT2D eigenvalue weighted by molar-refractivity contribution is 7.92. The maximum atomic E-state index is 13.0. The Hall–Kier alpha value is -2.77. The Bertz CT molecular complexity index is 1030. The van der Waals surface area contributed by atoms with Crippen molar-refractivity contribution in [3.05, 3.63) is 40.8 Å². The summed E-state index contributed by atoms with van der Waals surface area (Å²) in [7, 11) is -4.91. The van der Waals surface area contributed by atoms with Gasteiger partial charge in [0, 0.05) is 0 Å². The van der Waals surface area contributed by atoms with Crippen LogP contribution in [-0.4, -0.2) is 26.0 Å². The Morgan fingerprint density at radius 2 is 1.79 bits per heavy atom. The fourth-order valence-electron chi connectivity index (χ4n) is 2.09. The summed E-state index contributed by atoms with van der Waals surface area (Å²) < 4.78 is 112. The number of nitrogens with one attached hydrogen (secondary N) is 1. The van der Waals surface area contributed by atoms with Crippen molar-refractivity contribution in [3.8, 4) is 0 Å². The highest BCUT2D eigenvalue weighted by Crippen LogP contribution is 2.35. The van der Waals surface area contributed by atoms with E-state index >= 15 is 0 Å². The molecule has 0 amide bonds. The molecule has 160 valence electrons. The van der Waals surface area contributed by atoms with Crippen LogP contribution in [0.25, 0.3) is 0 Å². The van der Waals surface area contributed by atoms with Crippen LogP contribution in [0, 0.1) is 6.92 Å². The standard InChI is InChI=1S/C15H12F6N2O5S/c1-3-27-12(24)10-11(15(19,20)21)22-13(28-10)29(25,26)23-9-5-4-8(6-7(9)2)14(16,17)18/h4-6,23H,3H2,1-2H3. The summed E-state index contributed by atoms with van der Waals surface area (Å²) in [4.78, 5) is 14.4. The number of benzene rings is 1. The molecule has 0 spiro atoms. The molecule has 0 aliphatic rings. The lowest BCUT2D eigenvalue weighted by atomic mass is 10.1. The van der Waals surface area contributed by atoms with Crippen LogP contribution in [0.4, 0.5) is 32.0 Å². The molecule has 0 aliphatic carbocycles. The smallest absolute Gasteiger partial charge is 0.437 e. The van der Waals surface area contributed by atoms with Gasteiger partial charge in [0.25, 0.3) is 0 Å². The normalized spacial score (nSPS) is 12.7. The van der Waals surface area contributed by atoms with E-state index in [0.29, 0.717) is 12.1 Å². The molecule has 1 heterocycles.